The number of benzene rings is 1. The van der Waals surface area contributed by atoms with Crippen molar-refractivity contribution in [3.05, 3.63) is 41.3 Å². The molecule has 0 saturated carbocycles. The second-order valence-corrected chi connectivity index (χ2v) is 4.18. The van der Waals surface area contributed by atoms with E-state index in [-0.39, 0.29) is 17.9 Å². The molecular weight excluding hydrogens is 263 g/mol. The van der Waals surface area contributed by atoms with Gasteiger partial charge in [0, 0.05) is 30.9 Å². The van der Waals surface area contributed by atoms with Crippen molar-refractivity contribution in [3.63, 3.8) is 0 Å². The Bertz CT molecular complexity index is 639. The lowest BCUT2D eigenvalue weighted by molar-refractivity contribution is 0.102. The first kappa shape index (κ1) is 14.0. The standard InChI is InChI=1S/C13H15FN4O2/c1-18-7-9(6-15)12(17-18)16-13(19)8-3-4-10(14)11(5-8)20-2/h3-5,7H,6,15H2,1-2H3,(H,16,17,19). The van der Waals surface area contributed by atoms with Crippen LogP contribution in [-0.4, -0.2) is 22.8 Å². The van der Waals surface area contributed by atoms with Crippen LogP contribution in [0.3, 0.4) is 0 Å². The number of hydrogen-bond acceptors (Lipinski definition) is 4. The van der Waals surface area contributed by atoms with Gasteiger partial charge in [-0.05, 0) is 18.2 Å². The van der Waals surface area contributed by atoms with E-state index in [1.807, 2.05) is 0 Å². The SMILES string of the molecule is COc1cc(C(=O)Nc2nn(C)cc2CN)ccc1F. The Labute approximate surface area is 115 Å². The molecule has 3 N–H and O–H groups in total. The molecule has 0 unspecified atom stereocenters. The van der Waals surface area contributed by atoms with Gasteiger partial charge in [-0.15, -0.1) is 0 Å². The Balaban J connectivity index is 2.23. The molecular formula is C13H15FN4O2. The van der Waals surface area contributed by atoms with E-state index >= 15 is 0 Å². The van der Waals surface area contributed by atoms with E-state index in [1.165, 1.54) is 25.3 Å². The first-order valence-electron chi connectivity index (χ1n) is 5.92. The van der Waals surface area contributed by atoms with Crippen molar-refractivity contribution in [2.75, 3.05) is 12.4 Å². The van der Waals surface area contributed by atoms with Gasteiger partial charge in [0.25, 0.3) is 5.91 Å². The summed E-state index contributed by atoms with van der Waals surface area (Å²) in [5.41, 5.74) is 6.56. The smallest absolute Gasteiger partial charge is 0.257 e. The van der Waals surface area contributed by atoms with Crippen molar-refractivity contribution >= 4 is 11.7 Å². The maximum atomic E-state index is 13.3. The molecule has 0 aliphatic rings. The molecule has 0 aliphatic heterocycles. The Morgan fingerprint density at radius 2 is 2.30 bits per heavy atom. The summed E-state index contributed by atoms with van der Waals surface area (Å²) in [5, 5.41) is 6.75. The molecule has 7 heteroatoms. The van der Waals surface area contributed by atoms with Crippen LogP contribution in [0.1, 0.15) is 15.9 Å². The van der Waals surface area contributed by atoms with E-state index in [0.29, 0.717) is 5.82 Å². The number of halogens is 1. The molecule has 6 nitrogen and oxygen atoms in total. The van der Waals surface area contributed by atoms with E-state index in [2.05, 4.69) is 10.4 Å². The fourth-order valence-corrected chi connectivity index (χ4v) is 1.77. The van der Waals surface area contributed by atoms with E-state index in [9.17, 15) is 9.18 Å². The molecule has 0 atom stereocenters. The summed E-state index contributed by atoms with van der Waals surface area (Å²) in [4.78, 5) is 12.1. The zero-order valence-electron chi connectivity index (χ0n) is 11.2. The molecule has 0 bridgehead atoms. The highest BCUT2D eigenvalue weighted by atomic mass is 19.1. The summed E-state index contributed by atoms with van der Waals surface area (Å²) in [5.74, 6) is -0.526. The number of methoxy groups -OCH3 is 1. The highest BCUT2D eigenvalue weighted by Crippen LogP contribution is 2.19. The summed E-state index contributed by atoms with van der Waals surface area (Å²) in [6.07, 6.45) is 1.72. The third-order valence-corrected chi connectivity index (χ3v) is 2.77. The lowest BCUT2D eigenvalue weighted by Crippen LogP contribution is -2.14. The molecule has 0 aliphatic carbocycles. The predicted octanol–water partition coefficient (Wildman–Crippen LogP) is 1.28. The molecule has 0 radical (unpaired) electrons. The molecule has 0 fully saturated rings. The summed E-state index contributed by atoms with van der Waals surface area (Å²) in [6.45, 7) is 0.260. The average molecular weight is 278 g/mol. The molecule has 1 aromatic heterocycles. The molecule has 1 amide bonds. The van der Waals surface area contributed by atoms with Crippen LogP contribution in [0, 0.1) is 5.82 Å². The van der Waals surface area contributed by atoms with Crippen LogP contribution in [0.2, 0.25) is 0 Å². The van der Waals surface area contributed by atoms with Gasteiger partial charge in [-0.3, -0.25) is 9.48 Å². The van der Waals surface area contributed by atoms with Crippen LogP contribution in [0.5, 0.6) is 5.75 Å². The quantitative estimate of drug-likeness (QED) is 0.882. The molecule has 2 rings (SSSR count). The normalized spacial score (nSPS) is 10.4. The number of anilines is 1. The van der Waals surface area contributed by atoms with Gasteiger partial charge < -0.3 is 15.8 Å². The number of nitrogens with two attached hydrogens (primary N) is 1. The maximum absolute atomic E-state index is 13.3. The highest BCUT2D eigenvalue weighted by molar-refractivity contribution is 6.04. The van der Waals surface area contributed by atoms with E-state index in [1.54, 1.807) is 17.9 Å². The zero-order valence-corrected chi connectivity index (χ0v) is 11.2. The summed E-state index contributed by atoms with van der Waals surface area (Å²) in [7, 11) is 3.07. The van der Waals surface area contributed by atoms with Crippen molar-refractivity contribution < 1.29 is 13.9 Å². The number of ether oxygens (including phenoxy) is 1. The Hall–Kier alpha value is -2.41. The fraction of sp³-hybridized carbons (Fsp3) is 0.231. The van der Waals surface area contributed by atoms with Crippen molar-refractivity contribution in [1.29, 1.82) is 0 Å². The molecule has 1 heterocycles. The van der Waals surface area contributed by atoms with Gasteiger partial charge in [-0.2, -0.15) is 5.10 Å². The van der Waals surface area contributed by atoms with Crippen LogP contribution < -0.4 is 15.8 Å². The number of carbonyl (C=O) groups is 1. The zero-order chi connectivity index (χ0) is 14.7. The first-order chi connectivity index (χ1) is 9.55. The first-order valence-corrected chi connectivity index (χ1v) is 5.92. The van der Waals surface area contributed by atoms with Gasteiger partial charge in [-0.1, -0.05) is 0 Å². The summed E-state index contributed by atoms with van der Waals surface area (Å²) in [6, 6.07) is 3.88. The number of nitrogens with one attached hydrogen (secondary N) is 1. The molecule has 106 valence electrons. The van der Waals surface area contributed by atoms with Gasteiger partial charge in [0.05, 0.1) is 7.11 Å². The highest BCUT2D eigenvalue weighted by Gasteiger charge is 2.14. The fourth-order valence-electron chi connectivity index (χ4n) is 1.77. The number of aromatic nitrogens is 2. The number of hydrogen-bond donors (Lipinski definition) is 2. The summed E-state index contributed by atoms with van der Waals surface area (Å²) >= 11 is 0. The number of aryl methyl sites for hydroxylation is 1. The number of carbonyl (C=O) groups excluding carboxylic acids is 1. The lowest BCUT2D eigenvalue weighted by atomic mass is 10.2. The van der Waals surface area contributed by atoms with Gasteiger partial charge in [0.2, 0.25) is 0 Å². The molecule has 0 spiro atoms. The third kappa shape index (κ3) is 2.77. The lowest BCUT2D eigenvalue weighted by Gasteiger charge is -2.06. The van der Waals surface area contributed by atoms with Crippen LogP contribution in [0.15, 0.2) is 24.4 Å². The number of nitrogens with zero attached hydrogens (tertiary/aromatic N) is 2. The monoisotopic (exact) mass is 278 g/mol. The van der Waals surface area contributed by atoms with Crippen molar-refractivity contribution in [2.24, 2.45) is 12.8 Å². The Morgan fingerprint density at radius 1 is 1.55 bits per heavy atom. The van der Waals surface area contributed by atoms with Crippen molar-refractivity contribution in [1.82, 2.24) is 9.78 Å². The van der Waals surface area contributed by atoms with Gasteiger partial charge >= 0.3 is 0 Å². The third-order valence-electron chi connectivity index (χ3n) is 2.77. The van der Waals surface area contributed by atoms with Crippen LogP contribution in [0.4, 0.5) is 10.2 Å². The predicted molar refractivity (Wildman–Crippen MR) is 72.0 cm³/mol. The minimum atomic E-state index is -0.524. The van der Waals surface area contributed by atoms with Crippen LogP contribution in [0.25, 0.3) is 0 Å². The van der Waals surface area contributed by atoms with Crippen LogP contribution >= 0.6 is 0 Å². The second kappa shape index (κ2) is 5.70. The molecule has 20 heavy (non-hydrogen) atoms. The molecule has 0 saturated heterocycles. The van der Waals surface area contributed by atoms with E-state index in [0.717, 1.165) is 5.56 Å². The number of rotatable bonds is 4. The average Bonchev–Trinajstić information content (AvgIpc) is 2.79. The van der Waals surface area contributed by atoms with E-state index in [4.69, 9.17) is 10.5 Å². The second-order valence-electron chi connectivity index (χ2n) is 4.18. The van der Waals surface area contributed by atoms with Gasteiger partial charge in [0.1, 0.15) is 0 Å². The molecule has 1 aromatic carbocycles. The topological polar surface area (TPSA) is 82.2 Å². The van der Waals surface area contributed by atoms with Crippen molar-refractivity contribution in [2.45, 2.75) is 6.54 Å². The van der Waals surface area contributed by atoms with E-state index < -0.39 is 11.7 Å². The van der Waals surface area contributed by atoms with Crippen LogP contribution in [-0.2, 0) is 13.6 Å². The number of amides is 1. The Morgan fingerprint density at radius 3 is 2.95 bits per heavy atom. The van der Waals surface area contributed by atoms with Crippen molar-refractivity contribution in [3.8, 4) is 5.75 Å². The largest absolute Gasteiger partial charge is 0.494 e. The minimum absolute atomic E-state index is 0.0118. The Kier molecular flexibility index (Phi) is 3.99. The molecule has 2 aromatic rings. The van der Waals surface area contributed by atoms with Gasteiger partial charge in [-0.25, -0.2) is 4.39 Å². The maximum Gasteiger partial charge on any atom is 0.257 e. The minimum Gasteiger partial charge on any atom is -0.494 e. The summed E-state index contributed by atoms with van der Waals surface area (Å²) < 4.78 is 19.7. The van der Waals surface area contributed by atoms with Gasteiger partial charge in [0.15, 0.2) is 17.4 Å².